The molecule has 1 amide bonds. The molecule has 0 aromatic rings. The van der Waals surface area contributed by atoms with Gasteiger partial charge < -0.3 is 10.6 Å². The van der Waals surface area contributed by atoms with Crippen molar-refractivity contribution in [2.24, 2.45) is 29.4 Å². The number of primary amides is 1. The van der Waals surface area contributed by atoms with E-state index in [1.54, 1.807) is 0 Å². The van der Waals surface area contributed by atoms with Gasteiger partial charge in [0.15, 0.2) is 0 Å². The fourth-order valence-electron chi connectivity index (χ4n) is 3.65. The summed E-state index contributed by atoms with van der Waals surface area (Å²) in [6.45, 7) is 5.62. The van der Waals surface area contributed by atoms with Gasteiger partial charge >= 0.3 is 0 Å². The smallest absolute Gasteiger partial charge is 0.221 e. The minimum atomic E-state index is -0.0805. The van der Waals surface area contributed by atoms with Crippen LogP contribution in [0, 0.1) is 23.7 Å². The summed E-state index contributed by atoms with van der Waals surface area (Å²) in [6.07, 6.45) is 2.52. The van der Waals surface area contributed by atoms with Crippen LogP contribution in [0.1, 0.15) is 12.8 Å². The van der Waals surface area contributed by atoms with Crippen molar-refractivity contribution in [3.63, 3.8) is 0 Å². The van der Waals surface area contributed by atoms with E-state index in [4.69, 9.17) is 5.73 Å². The second-order valence-electron chi connectivity index (χ2n) is 5.87. The van der Waals surface area contributed by atoms with E-state index in [1.807, 2.05) is 0 Å². The number of nitrogens with two attached hydrogens (primary N) is 1. The second kappa shape index (κ2) is 4.44. The SMILES string of the molecule is NC(=O)C1[C@H]2CN(CC3CCN(S)CC3)C[C@@H]12. The van der Waals surface area contributed by atoms with Crippen molar-refractivity contribution in [2.75, 3.05) is 32.7 Å². The molecule has 3 aliphatic rings. The fourth-order valence-corrected chi connectivity index (χ4v) is 3.88. The van der Waals surface area contributed by atoms with Gasteiger partial charge in [-0.2, -0.15) is 0 Å². The van der Waals surface area contributed by atoms with Gasteiger partial charge in [0.25, 0.3) is 0 Å². The number of carbonyl (C=O) groups is 1. The first-order valence-electron chi connectivity index (χ1n) is 6.60. The molecular weight excluding hydrogens is 234 g/mol. The number of hydrogen-bond acceptors (Lipinski definition) is 4. The van der Waals surface area contributed by atoms with E-state index in [-0.39, 0.29) is 11.8 Å². The topological polar surface area (TPSA) is 49.6 Å². The van der Waals surface area contributed by atoms with Crippen molar-refractivity contribution in [2.45, 2.75) is 12.8 Å². The van der Waals surface area contributed by atoms with Gasteiger partial charge in [-0.05, 0) is 30.6 Å². The highest BCUT2D eigenvalue weighted by Gasteiger charge is 2.58. The summed E-state index contributed by atoms with van der Waals surface area (Å²) in [5.41, 5.74) is 5.36. The monoisotopic (exact) mass is 255 g/mol. The Labute approximate surface area is 108 Å². The molecule has 0 aromatic heterocycles. The maximum Gasteiger partial charge on any atom is 0.221 e. The fraction of sp³-hybridized carbons (Fsp3) is 0.917. The molecule has 2 N–H and O–H groups in total. The molecular formula is C12H21N3OS. The lowest BCUT2D eigenvalue weighted by Gasteiger charge is -2.31. The molecule has 2 aliphatic heterocycles. The predicted molar refractivity (Wildman–Crippen MR) is 69.4 cm³/mol. The maximum atomic E-state index is 11.1. The number of rotatable bonds is 3. The zero-order chi connectivity index (χ0) is 12.0. The Morgan fingerprint density at radius 1 is 1.24 bits per heavy atom. The van der Waals surface area contributed by atoms with Crippen LogP contribution in [0.15, 0.2) is 0 Å². The van der Waals surface area contributed by atoms with E-state index in [0.717, 1.165) is 32.1 Å². The molecule has 3 atom stereocenters. The molecule has 2 heterocycles. The molecule has 5 heteroatoms. The number of likely N-dealkylation sites (tertiary alicyclic amines) is 1. The van der Waals surface area contributed by atoms with Crippen LogP contribution in [0.2, 0.25) is 0 Å². The first kappa shape index (κ1) is 11.8. The first-order valence-corrected chi connectivity index (χ1v) is 7.00. The van der Waals surface area contributed by atoms with Crippen LogP contribution in [0.25, 0.3) is 0 Å². The lowest BCUT2D eigenvalue weighted by Crippen LogP contribution is -2.36. The molecule has 0 spiro atoms. The Bertz CT molecular complexity index is 305. The second-order valence-corrected chi connectivity index (χ2v) is 6.44. The van der Waals surface area contributed by atoms with Gasteiger partial charge in [-0.15, -0.1) is 0 Å². The third-order valence-electron chi connectivity index (χ3n) is 4.71. The molecule has 96 valence electrons. The Balaban J connectivity index is 1.43. The summed E-state index contributed by atoms with van der Waals surface area (Å²) in [5.74, 6) is 2.10. The van der Waals surface area contributed by atoms with Crippen LogP contribution in [0.3, 0.4) is 0 Å². The average molecular weight is 255 g/mol. The number of amides is 1. The van der Waals surface area contributed by atoms with E-state index in [1.165, 1.54) is 19.4 Å². The highest BCUT2D eigenvalue weighted by Crippen LogP contribution is 2.51. The van der Waals surface area contributed by atoms with Gasteiger partial charge in [0.1, 0.15) is 0 Å². The number of hydrogen-bond donors (Lipinski definition) is 2. The van der Waals surface area contributed by atoms with Crippen LogP contribution >= 0.6 is 12.8 Å². The maximum absolute atomic E-state index is 11.1. The third-order valence-corrected chi connectivity index (χ3v) is 5.11. The first-order chi connectivity index (χ1) is 8.15. The quantitative estimate of drug-likeness (QED) is 0.709. The van der Waals surface area contributed by atoms with Gasteiger partial charge in [0.05, 0.1) is 0 Å². The zero-order valence-corrected chi connectivity index (χ0v) is 11.0. The molecule has 3 fully saturated rings. The summed E-state index contributed by atoms with van der Waals surface area (Å²) >= 11 is 4.37. The Morgan fingerprint density at radius 3 is 2.35 bits per heavy atom. The average Bonchev–Trinajstić information content (AvgIpc) is 2.81. The lowest BCUT2D eigenvalue weighted by molar-refractivity contribution is -0.120. The van der Waals surface area contributed by atoms with E-state index < -0.39 is 0 Å². The van der Waals surface area contributed by atoms with E-state index in [2.05, 4.69) is 22.0 Å². The molecule has 2 saturated heterocycles. The molecule has 1 saturated carbocycles. The Morgan fingerprint density at radius 2 is 1.82 bits per heavy atom. The zero-order valence-electron chi connectivity index (χ0n) is 10.1. The predicted octanol–water partition coefficient (Wildman–Crippen LogP) is 0.206. The highest BCUT2D eigenvalue weighted by molar-refractivity contribution is 7.77. The van der Waals surface area contributed by atoms with Crippen LogP contribution in [0.4, 0.5) is 0 Å². The van der Waals surface area contributed by atoms with Crippen molar-refractivity contribution in [1.82, 2.24) is 9.21 Å². The Hall–Kier alpha value is -0.260. The highest BCUT2D eigenvalue weighted by atomic mass is 32.1. The largest absolute Gasteiger partial charge is 0.369 e. The molecule has 0 bridgehead atoms. The normalized spacial score (nSPS) is 39.2. The van der Waals surface area contributed by atoms with Crippen LogP contribution in [0.5, 0.6) is 0 Å². The van der Waals surface area contributed by atoms with Crippen molar-refractivity contribution in [3.05, 3.63) is 0 Å². The van der Waals surface area contributed by atoms with Gasteiger partial charge in [-0.3, -0.25) is 9.10 Å². The van der Waals surface area contributed by atoms with Crippen molar-refractivity contribution in [1.29, 1.82) is 0 Å². The minimum absolute atomic E-state index is 0.0805. The number of fused-ring (bicyclic) bond motifs is 1. The van der Waals surface area contributed by atoms with Crippen molar-refractivity contribution in [3.8, 4) is 0 Å². The lowest BCUT2D eigenvalue weighted by atomic mass is 9.97. The van der Waals surface area contributed by atoms with E-state index >= 15 is 0 Å². The summed E-state index contributed by atoms with van der Waals surface area (Å²) in [4.78, 5) is 13.6. The number of carbonyl (C=O) groups excluding carboxylic acids is 1. The van der Waals surface area contributed by atoms with Crippen LogP contribution < -0.4 is 5.73 Å². The molecule has 4 nitrogen and oxygen atoms in total. The number of piperidine rings is 2. The van der Waals surface area contributed by atoms with E-state index in [0.29, 0.717) is 11.8 Å². The van der Waals surface area contributed by atoms with Gasteiger partial charge in [-0.1, -0.05) is 12.8 Å². The minimum Gasteiger partial charge on any atom is -0.369 e. The molecule has 17 heavy (non-hydrogen) atoms. The summed E-state index contributed by atoms with van der Waals surface area (Å²) < 4.78 is 2.11. The van der Waals surface area contributed by atoms with Crippen LogP contribution in [-0.4, -0.2) is 47.8 Å². The summed E-state index contributed by atoms with van der Waals surface area (Å²) in [5, 5.41) is 0. The molecule has 1 unspecified atom stereocenters. The van der Waals surface area contributed by atoms with Gasteiger partial charge in [0.2, 0.25) is 5.91 Å². The number of nitrogens with zero attached hydrogens (tertiary/aromatic N) is 2. The Kier molecular flexibility index (Phi) is 3.09. The standard InChI is InChI=1S/C12H21N3OS/c13-12(16)11-9-6-14(7-10(9)11)5-8-1-3-15(17)4-2-8/h8-11,17H,1-7H2,(H2,13,16)/t9-,10+,11?. The van der Waals surface area contributed by atoms with E-state index in [9.17, 15) is 4.79 Å². The summed E-state index contributed by atoms with van der Waals surface area (Å²) in [6, 6.07) is 0. The van der Waals surface area contributed by atoms with Gasteiger partial charge in [0, 0.05) is 38.6 Å². The number of thiol groups is 1. The van der Waals surface area contributed by atoms with Crippen LogP contribution in [-0.2, 0) is 4.79 Å². The van der Waals surface area contributed by atoms with Gasteiger partial charge in [-0.25, -0.2) is 0 Å². The molecule has 0 aromatic carbocycles. The molecule has 0 radical (unpaired) electrons. The summed E-state index contributed by atoms with van der Waals surface area (Å²) in [7, 11) is 0. The molecule has 1 aliphatic carbocycles. The van der Waals surface area contributed by atoms with Crippen molar-refractivity contribution < 1.29 is 4.79 Å². The third kappa shape index (κ3) is 2.33. The molecule has 3 rings (SSSR count). The van der Waals surface area contributed by atoms with Crippen molar-refractivity contribution >= 4 is 18.7 Å².